The minimum atomic E-state index is 0.676. The van der Waals surface area contributed by atoms with Gasteiger partial charge in [-0.3, -0.25) is 8.97 Å². The zero-order chi connectivity index (χ0) is 42.4. The van der Waals surface area contributed by atoms with E-state index >= 15 is 0 Å². The zero-order valence-electron chi connectivity index (χ0n) is 34.8. The lowest BCUT2D eigenvalue weighted by molar-refractivity contribution is 1.11. The van der Waals surface area contributed by atoms with Crippen LogP contribution in [0.25, 0.3) is 112 Å². The molecule has 3 aromatic heterocycles. The molecule has 12 rings (SSSR count). The minimum absolute atomic E-state index is 0.676. The normalized spacial score (nSPS) is 11.4. The Morgan fingerprint density at radius 2 is 0.719 bits per heavy atom. The third-order valence-corrected chi connectivity index (χ3v) is 12.1. The van der Waals surface area contributed by atoms with Crippen LogP contribution in [0.15, 0.2) is 237 Å². The Bertz CT molecular complexity index is 3500. The Labute approximate surface area is 370 Å². The van der Waals surface area contributed by atoms with E-state index < -0.39 is 0 Å². The van der Waals surface area contributed by atoms with Gasteiger partial charge in [-0.1, -0.05) is 194 Å². The van der Waals surface area contributed by atoms with Crippen LogP contribution in [0.4, 0.5) is 0 Å². The maximum atomic E-state index is 5.51. The maximum absolute atomic E-state index is 5.51. The molecule has 0 N–H and O–H groups in total. The fourth-order valence-electron chi connectivity index (χ4n) is 9.06. The molecule has 0 aliphatic carbocycles. The Kier molecular flexibility index (Phi) is 9.08. The van der Waals surface area contributed by atoms with E-state index in [1.807, 2.05) is 24.3 Å². The first kappa shape index (κ1) is 37.1. The molecule has 0 aliphatic rings. The van der Waals surface area contributed by atoms with E-state index in [0.717, 1.165) is 106 Å². The number of hydrogen-bond acceptors (Lipinski definition) is 3. The Morgan fingerprint density at radius 1 is 0.281 bits per heavy atom. The number of rotatable bonds is 8. The van der Waals surface area contributed by atoms with E-state index in [0.29, 0.717) is 5.82 Å². The van der Waals surface area contributed by atoms with Crippen molar-refractivity contribution in [3.05, 3.63) is 237 Å². The van der Waals surface area contributed by atoms with Crippen molar-refractivity contribution in [3.8, 4) is 84.1 Å². The van der Waals surface area contributed by atoms with Crippen molar-refractivity contribution in [2.24, 2.45) is 0 Å². The molecule has 5 heteroatoms. The van der Waals surface area contributed by atoms with Crippen LogP contribution in [-0.4, -0.2) is 23.9 Å². The first-order valence-electron chi connectivity index (χ1n) is 21.6. The number of nitrogens with zero attached hydrogens (tertiary/aromatic N) is 5. The molecule has 0 fully saturated rings. The van der Waals surface area contributed by atoms with Crippen molar-refractivity contribution >= 4 is 27.8 Å². The molecule has 9 aromatic carbocycles. The Balaban J connectivity index is 1.19. The molecule has 12 aromatic rings. The van der Waals surface area contributed by atoms with E-state index in [1.165, 1.54) is 0 Å². The van der Waals surface area contributed by atoms with E-state index in [1.54, 1.807) is 0 Å². The van der Waals surface area contributed by atoms with Gasteiger partial charge < -0.3 is 0 Å². The summed E-state index contributed by atoms with van der Waals surface area (Å²) in [6.07, 6.45) is 0. The van der Waals surface area contributed by atoms with Crippen LogP contribution >= 0.6 is 0 Å². The largest absolute Gasteiger partial charge is 0.277 e. The summed E-state index contributed by atoms with van der Waals surface area (Å²) in [5, 5.41) is 0. The van der Waals surface area contributed by atoms with Gasteiger partial charge in [0.2, 0.25) is 5.78 Å². The SMILES string of the molecule is c1ccc(-c2ccc3nc4n(-c5c(-c6ccccc6)cc(-c6cc(-c7ccccc7)nc(-c7ccccc7)n6)cc5-c5ccccc5)c5ccc(-c6ccccc6)cc5n4c3c2)cc1. The van der Waals surface area contributed by atoms with E-state index in [9.17, 15) is 0 Å². The molecule has 0 atom stereocenters. The molecule has 5 nitrogen and oxygen atoms in total. The summed E-state index contributed by atoms with van der Waals surface area (Å²) in [4.78, 5) is 16.0. The second-order valence-corrected chi connectivity index (χ2v) is 16.1. The Morgan fingerprint density at radius 3 is 1.25 bits per heavy atom. The number of fused-ring (bicyclic) bond motifs is 5. The van der Waals surface area contributed by atoms with Gasteiger partial charge in [-0.05, 0) is 75.8 Å². The van der Waals surface area contributed by atoms with Gasteiger partial charge in [-0.25, -0.2) is 15.0 Å². The summed E-state index contributed by atoms with van der Waals surface area (Å²) in [6, 6.07) is 83.4. The van der Waals surface area contributed by atoms with E-state index in [4.69, 9.17) is 15.0 Å². The van der Waals surface area contributed by atoms with Gasteiger partial charge >= 0.3 is 0 Å². The maximum Gasteiger partial charge on any atom is 0.220 e. The van der Waals surface area contributed by atoms with Gasteiger partial charge in [-0.2, -0.15) is 0 Å². The molecule has 0 radical (unpaired) electrons. The predicted molar refractivity (Wildman–Crippen MR) is 263 cm³/mol. The molecule has 64 heavy (non-hydrogen) atoms. The molecule has 0 unspecified atom stereocenters. The molecule has 0 aliphatic heterocycles. The predicted octanol–water partition coefficient (Wildman–Crippen LogP) is 14.9. The quantitative estimate of drug-likeness (QED) is 0.153. The van der Waals surface area contributed by atoms with Gasteiger partial charge in [0.1, 0.15) is 0 Å². The monoisotopic (exact) mass is 817 g/mol. The smallest absolute Gasteiger partial charge is 0.220 e. The first-order valence-corrected chi connectivity index (χ1v) is 21.6. The molecule has 3 heterocycles. The number of benzene rings is 9. The highest BCUT2D eigenvalue weighted by molar-refractivity contribution is 5.99. The van der Waals surface area contributed by atoms with Gasteiger partial charge in [0, 0.05) is 27.8 Å². The lowest BCUT2D eigenvalue weighted by Crippen LogP contribution is -2.03. The first-order chi connectivity index (χ1) is 31.7. The highest BCUT2D eigenvalue weighted by atomic mass is 15.2. The zero-order valence-corrected chi connectivity index (χ0v) is 34.8. The van der Waals surface area contributed by atoms with E-state index in [2.05, 4.69) is 221 Å². The Hall–Kier alpha value is -8.67. The number of imidazole rings is 2. The van der Waals surface area contributed by atoms with Crippen molar-refractivity contribution in [1.29, 1.82) is 0 Å². The second kappa shape index (κ2) is 15.7. The van der Waals surface area contributed by atoms with Crippen LogP contribution in [0.1, 0.15) is 0 Å². The van der Waals surface area contributed by atoms with Crippen LogP contribution in [0.3, 0.4) is 0 Å². The standard InChI is InChI=1S/C59H39N5/c1-7-19-40(20-8-1)46-31-33-51-55(37-46)63-56-38-47(41-21-9-2-10-22-41)32-34-54(56)64(59(63)62-51)57-49(42-23-11-3-12-24-42)35-48(36-50(57)43-25-13-4-14-26-43)53-39-52(44-27-15-5-16-28-44)60-58(61-53)45-29-17-6-18-30-45/h1-39H. The second-order valence-electron chi connectivity index (χ2n) is 16.1. The van der Waals surface area contributed by atoms with E-state index in [-0.39, 0.29) is 0 Å². The summed E-state index contributed by atoms with van der Waals surface area (Å²) in [5.74, 6) is 1.51. The van der Waals surface area contributed by atoms with Crippen LogP contribution in [0.5, 0.6) is 0 Å². The molecule has 300 valence electrons. The van der Waals surface area contributed by atoms with Gasteiger partial charge in [-0.15, -0.1) is 0 Å². The highest BCUT2D eigenvalue weighted by Gasteiger charge is 2.25. The topological polar surface area (TPSA) is 48.0 Å². The average Bonchev–Trinajstić information content (AvgIpc) is 3.91. The molecular formula is C59H39N5. The van der Waals surface area contributed by atoms with Crippen molar-refractivity contribution < 1.29 is 0 Å². The fraction of sp³-hybridized carbons (Fsp3) is 0. The number of hydrogen-bond donors (Lipinski definition) is 0. The van der Waals surface area contributed by atoms with Crippen molar-refractivity contribution in [2.45, 2.75) is 0 Å². The van der Waals surface area contributed by atoms with Crippen LogP contribution in [-0.2, 0) is 0 Å². The molecule has 0 amide bonds. The summed E-state index contributed by atoms with van der Waals surface area (Å²) >= 11 is 0. The molecular weight excluding hydrogens is 779 g/mol. The molecule has 0 spiro atoms. The molecule has 0 saturated heterocycles. The molecule has 0 bridgehead atoms. The lowest BCUT2D eigenvalue weighted by Gasteiger charge is -2.20. The summed E-state index contributed by atoms with van der Waals surface area (Å²) in [7, 11) is 0. The van der Waals surface area contributed by atoms with Crippen LogP contribution in [0.2, 0.25) is 0 Å². The summed E-state index contributed by atoms with van der Waals surface area (Å²) < 4.78 is 4.73. The summed E-state index contributed by atoms with van der Waals surface area (Å²) in [5.41, 5.74) is 18.7. The molecule has 0 saturated carbocycles. The van der Waals surface area contributed by atoms with Crippen LogP contribution in [0, 0.1) is 0 Å². The van der Waals surface area contributed by atoms with Crippen molar-refractivity contribution in [1.82, 2.24) is 23.9 Å². The minimum Gasteiger partial charge on any atom is -0.277 e. The summed E-state index contributed by atoms with van der Waals surface area (Å²) in [6.45, 7) is 0. The third kappa shape index (κ3) is 6.55. The van der Waals surface area contributed by atoms with Gasteiger partial charge in [0.15, 0.2) is 5.82 Å². The fourth-order valence-corrected chi connectivity index (χ4v) is 9.06. The highest BCUT2D eigenvalue weighted by Crippen LogP contribution is 2.44. The van der Waals surface area contributed by atoms with Crippen molar-refractivity contribution in [3.63, 3.8) is 0 Å². The third-order valence-electron chi connectivity index (χ3n) is 12.1. The van der Waals surface area contributed by atoms with Gasteiger partial charge in [0.05, 0.1) is 39.1 Å². The lowest BCUT2D eigenvalue weighted by atomic mass is 9.91. The average molecular weight is 818 g/mol. The van der Waals surface area contributed by atoms with Crippen LogP contribution < -0.4 is 0 Å². The number of aromatic nitrogens is 5. The van der Waals surface area contributed by atoms with Gasteiger partial charge in [0.25, 0.3) is 0 Å². The van der Waals surface area contributed by atoms with Crippen molar-refractivity contribution in [2.75, 3.05) is 0 Å².